The molecule has 12 nitrogen and oxygen atoms in total. The highest BCUT2D eigenvalue weighted by Crippen LogP contribution is 2.34. The summed E-state index contributed by atoms with van der Waals surface area (Å²) in [6.07, 6.45) is 5.40. The van der Waals surface area contributed by atoms with Crippen LogP contribution in [-0.2, 0) is 19.6 Å². The normalized spacial score (nSPS) is 18.6. The number of carbonyl (C=O) groups is 1. The number of methoxy groups -OCH3 is 1. The number of rotatable bonds is 11. The van der Waals surface area contributed by atoms with Gasteiger partial charge < -0.3 is 19.3 Å². The second-order valence-electron chi connectivity index (χ2n) is 8.58. The van der Waals surface area contributed by atoms with Crippen LogP contribution in [0.4, 0.5) is 5.82 Å². The highest BCUT2D eigenvalue weighted by Gasteiger charge is 2.55. The summed E-state index contributed by atoms with van der Waals surface area (Å²) in [7, 11) is -2.40. The zero-order valence-corrected chi connectivity index (χ0v) is 23.2. The minimum absolute atomic E-state index is 0. The van der Waals surface area contributed by atoms with Gasteiger partial charge in [-0.25, -0.2) is 23.9 Å². The molecule has 0 saturated carbocycles. The molecule has 2 aliphatic heterocycles. The van der Waals surface area contributed by atoms with Crippen LogP contribution in [0, 0.1) is 0 Å². The van der Waals surface area contributed by atoms with E-state index in [-0.39, 0.29) is 50.7 Å². The Morgan fingerprint density at radius 2 is 1.75 bits per heavy atom. The third-order valence-electron chi connectivity index (χ3n) is 6.55. The summed E-state index contributed by atoms with van der Waals surface area (Å²) >= 11 is 0. The molecule has 3 heterocycles. The Morgan fingerprint density at radius 3 is 2.28 bits per heavy atom. The number of halogens is 2. The molecule has 1 aromatic rings. The van der Waals surface area contributed by atoms with E-state index in [1.54, 1.807) is 25.0 Å². The van der Waals surface area contributed by atoms with E-state index in [2.05, 4.69) is 21.8 Å². The number of ether oxygens (including phenoxy) is 2. The number of carbonyl (C=O) groups excluding carboxylic acids is 1. The first-order valence-corrected chi connectivity index (χ1v) is 13.2. The Bertz CT molecular complexity index is 895. The van der Waals surface area contributed by atoms with Gasteiger partial charge in [0.15, 0.2) is 4.75 Å². The van der Waals surface area contributed by atoms with Crippen molar-refractivity contribution < 1.29 is 27.9 Å². The number of piperazine rings is 1. The van der Waals surface area contributed by atoms with Crippen LogP contribution >= 0.6 is 24.8 Å². The van der Waals surface area contributed by atoms with Gasteiger partial charge in [0.2, 0.25) is 15.9 Å². The number of nitrogens with one attached hydrogen (secondary N) is 1. The topological polar surface area (TPSA) is 137 Å². The number of unbranched alkanes of at least 4 members (excludes halogenated alkanes) is 1. The number of aromatic nitrogens is 2. The number of sulfonamides is 1. The quantitative estimate of drug-likeness (QED) is 0.224. The van der Waals surface area contributed by atoms with Crippen molar-refractivity contribution in [2.45, 2.75) is 37.4 Å². The van der Waals surface area contributed by atoms with Gasteiger partial charge in [0.05, 0.1) is 25.6 Å². The minimum Gasteiger partial charge on any atom is -0.477 e. The summed E-state index contributed by atoms with van der Waals surface area (Å²) in [5, 5.41) is 9.35. The number of piperidine rings is 1. The number of anilines is 1. The Hall–Kier alpha value is -1.48. The van der Waals surface area contributed by atoms with E-state index in [0.717, 1.165) is 12.8 Å². The van der Waals surface area contributed by atoms with Crippen LogP contribution in [0.3, 0.4) is 0 Å². The smallest absolute Gasteiger partial charge is 0.266 e. The molecule has 0 unspecified atom stereocenters. The number of likely N-dealkylation sites (tertiary alicyclic amines) is 1. The van der Waals surface area contributed by atoms with Crippen molar-refractivity contribution in [2.75, 3.05) is 71.0 Å². The van der Waals surface area contributed by atoms with Crippen LogP contribution in [0.15, 0.2) is 12.4 Å². The van der Waals surface area contributed by atoms with Gasteiger partial charge in [-0.05, 0) is 19.3 Å². The third kappa shape index (κ3) is 7.30. The molecule has 0 atom stereocenters. The molecule has 0 radical (unpaired) electrons. The van der Waals surface area contributed by atoms with Crippen molar-refractivity contribution in [3.8, 4) is 5.88 Å². The maximum Gasteiger partial charge on any atom is 0.266 e. The van der Waals surface area contributed by atoms with E-state index >= 15 is 0 Å². The Labute approximate surface area is 225 Å². The number of nitrogens with zero attached hydrogens (tertiary/aromatic N) is 5. The van der Waals surface area contributed by atoms with E-state index in [9.17, 15) is 18.4 Å². The molecule has 15 heteroatoms. The summed E-state index contributed by atoms with van der Waals surface area (Å²) in [4.78, 5) is 25.4. The van der Waals surface area contributed by atoms with Gasteiger partial charge in [0, 0.05) is 52.9 Å². The van der Waals surface area contributed by atoms with E-state index in [1.165, 1.54) is 4.31 Å². The number of hydroxylamine groups is 1. The van der Waals surface area contributed by atoms with Gasteiger partial charge in [0.1, 0.15) is 5.82 Å². The molecule has 208 valence electrons. The van der Waals surface area contributed by atoms with Gasteiger partial charge in [-0.2, -0.15) is 4.31 Å². The lowest BCUT2D eigenvalue weighted by atomic mass is 9.95. The molecule has 0 aromatic carbocycles. The zero-order chi connectivity index (χ0) is 24.6. The summed E-state index contributed by atoms with van der Waals surface area (Å²) in [6.45, 7) is 5.99. The fourth-order valence-electron chi connectivity index (χ4n) is 4.34. The lowest BCUT2D eigenvalue weighted by Gasteiger charge is -2.43. The first-order chi connectivity index (χ1) is 16.4. The first-order valence-electron chi connectivity index (χ1n) is 11.7. The van der Waals surface area contributed by atoms with Gasteiger partial charge in [0.25, 0.3) is 5.91 Å². The summed E-state index contributed by atoms with van der Waals surface area (Å²) in [6, 6.07) is 0. The van der Waals surface area contributed by atoms with E-state index < -0.39 is 20.7 Å². The van der Waals surface area contributed by atoms with E-state index in [4.69, 9.17) is 9.47 Å². The third-order valence-corrected chi connectivity index (χ3v) is 9.18. The van der Waals surface area contributed by atoms with Gasteiger partial charge in [-0.15, -0.1) is 24.8 Å². The van der Waals surface area contributed by atoms with Crippen molar-refractivity contribution in [1.82, 2.24) is 24.7 Å². The SMILES string of the molecule is CCCCOc1cnc(N2CCN(S(=O)(=O)C3(C(=O)NO)CCN(CCOC)CC3)CC2)cn1.Cl.Cl. The lowest BCUT2D eigenvalue weighted by Crippen LogP contribution is -2.63. The van der Waals surface area contributed by atoms with Crippen molar-refractivity contribution in [2.24, 2.45) is 0 Å². The Balaban J connectivity index is 0.00000324. The van der Waals surface area contributed by atoms with Crippen LogP contribution in [-0.4, -0.2) is 110 Å². The van der Waals surface area contributed by atoms with Crippen LogP contribution in [0.2, 0.25) is 0 Å². The number of hydrogen-bond donors (Lipinski definition) is 2. The summed E-state index contributed by atoms with van der Waals surface area (Å²) < 4.78 is 37.6. The predicted molar refractivity (Wildman–Crippen MR) is 140 cm³/mol. The van der Waals surface area contributed by atoms with E-state index in [0.29, 0.717) is 57.6 Å². The second kappa shape index (κ2) is 15.1. The Kier molecular flexibility index (Phi) is 13.6. The molecule has 2 saturated heterocycles. The average Bonchev–Trinajstić information content (AvgIpc) is 2.88. The first kappa shape index (κ1) is 32.5. The van der Waals surface area contributed by atoms with Gasteiger partial charge in [-0.1, -0.05) is 13.3 Å². The number of amides is 1. The summed E-state index contributed by atoms with van der Waals surface area (Å²) in [5.74, 6) is 0.243. The lowest BCUT2D eigenvalue weighted by molar-refractivity contribution is -0.133. The molecule has 0 bridgehead atoms. The van der Waals surface area contributed by atoms with Crippen LogP contribution in [0.5, 0.6) is 5.88 Å². The Morgan fingerprint density at radius 1 is 1.08 bits per heavy atom. The molecule has 2 fully saturated rings. The van der Waals surface area contributed by atoms with Crippen molar-refractivity contribution in [1.29, 1.82) is 0 Å². The molecule has 36 heavy (non-hydrogen) atoms. The molecular formula is C21H38Cl2N6O6S. The zero-order valence-electron chi connectivity index (χ0n) is 20.8. The average molecular weight is 574 g/mol. The van der Waals surface area contributed by atoms with Crippen molar-refractivity contribution >= 4 is 46.6 Å². The highest BCUT2D eigenvalue weighted by atomic mass is 35.5. The molecule has 1 aromatic heterocycles. The van der Waals surface area contributed by atoms with Crippen LogP contribution < -0.4 is 15.1 Å². The molecule has 3 rings (SSSR count). The maximum absolute atomic E-state index is 13.6. The maximum atomic E-state index is 13.6. The molecule has 2 aliphatic rings. The molecule has 0 aliphatic carbocycles. The predicted octanol–water partition coefficient (Wildman–Crippen LogP) is 0.937. The highest BCUT2D eigenvalue weighted by molar-refractivity contribution is 7.91. The largest absolute Gasteiger partial charge is 0.477 e. The summed E-state index contributed by atoms with van der Waals surface area (Å²) in [5.41, 5.74) is 1.61. The molecule has 1 amide bonds. The van der Waals surface area contributed by atoms with Crippen molar-refractivity contribution in [3.63, 3.8) is 0 Å². The minimum atomic E-state index is -4.01. The van der Waals surface area contributed by atoms with Gasteiger partial charge >= 0.3 is 0 Å². The molecule has 2 N–H and O–H groups in total. The second-order valence-corrected chi connectivity index (χ2v) is 10.8. The monoisotopic (exact) mass is 572 g/mol. The van der Waals surface area contributed by atoms with Gasteiger partial charge in [-0.3, -0.25) is 10.0 Å². The van der Waals surface area contributed by atoms with Crippen molar-refractivity contribution in [3.05, 3.63) is 12.4 Å². The van der Waals surface area contributed by atoms with Crippen LogP contribution in [0.25, 0.3) is 0 Å². The fraction of sp³-hybridized carbons (Fsp3) is 0.762. The van der Waals surface area contributed by atoms with Crippen LogP contribution in [0.1, 0.15) is 32.6 Å². The number of hydrogen-bond acceptors (Lipinski definition) is 10. The molecular weight excluding hydrogens is 535 g/mol. The van der Waals surface area contributed by atoms with E-state index in [1.807, 2.05) is 4.90 Å². The fourth-order valence-corrected chi connectivity index (χ4v) is 6.45. The molecule has 0 spiro atoms. The standard InChI is InChI=1S/C21H36N6O6S.2ClH/c1-3-4-14-33-19-17-22-18(16-23-19)26-9-11-27(12-10-26)34(30,31)21(20(28)24-29)5-7-25(8-6-21)13-15-32-2;;/h16-17,29H,3-15H2,1-2H3,(H,24,28);2*1H.